The highest BCUT2D eigenvalue weighted by Crippen LogP contribution is 2.32. The number of nitrogens with two attached hydrogens (primary N) is 5. The number of fused-ring (bicyclic) bond motifs is 1. The molecule has 19 nitrogen and oxygen atoms in total. The van der Waals surface area contributed by atoms with Crippen molar-refractivity contribution >= 4 is 79.7 Å². The summed E-state index contributed by atoms with van der Waals surface area (Å²) in [5, 5.41) is -0.135. The van der Waals surface area contributed by atoms with Crippen LogP contribution in [0, 0.1) is 13.8 Å². The van der Waals surface area contributed by atoms with Crippen molar-refractivity contribution in [3.63, 3.8) is 0 Å². The van der Waals surface area contributed by atoms with Crippen molar-refractivity contribution in [1.82, 2.24) is 0 Å². The Hall–Kier alpha value is -4.62. The van der Waals surface area contributed by atoms with Gasteiger partial charge in [0.05, 0.1) is 41.8 Å². The van der Waals surface area contributed by atoms with Crippen LogP contribution in [0.25, 0.3) is 10.8 Å². The molecule has 0 radical (unpaired) electrons. The lowest BCUT2D eigenvalue weighted by Gasteiger charge is -2.10. The Morgan fingerprint density at radius 3 is 1.34 bits per heavy atom. The van der Waals surface area contributed by atoms with Gasteiger partial charge in [0.15, 0.2) is 0 Å². The minimum Gasteiger partial charge on any atom is -0.491 e. The van der Waals surface area contributed by atoms with Gasteiger partial charge in [0, 0.05) is 34.3 Å². The maximum Gasteiger partial charge on any atom is 0.297 e. The standard InChI is InChI=1S/2C10H16N2O4S.C10H9NO6S2/c2*1-7-5-9(12)10(6-8(7)11)16-3-2-4-17(13,14)15;11-8-5-4-6-7(10(8)19(15,16)17)2-1-3-9(6)18(12,13)14/h2*5-6H,2-4,11-12H2,1H3,(H,13,14,15);1-5H,11H2,(H,12,13,14)(H,15,16,17). The highest BCUT2D eigenvalue weighted by Gasteiger charge is 2.22. The van der Waals surface area contributed by atoms with E-state index >= 15 is 0 Å². The van der Waals surface area contributed by atoms with E-state index in [1.165, 1.54) is 18.2 Å². The highest BCUT2D eigenvalue weighted by atomic mass is 32.2. The number of hydrogen-bond donors (Lipinski definition) is 9. The molecule has 0 atom stereocenters. The van der Waals surface area contributed by atoms with Crippen LogP contribution >= 0.6 is 0 Å². The fourth-order valence-corrected chi connectivity index (χ4v) is 6.87. The maximum atomic E-state index is 11.3. The summed E-state index contributed by atoms with van der Waals surface area (Å²) in [7, 11) is -17.0. The first-order valence-electron chi connectivity index (χ1n) is 14.9. The first-order valence-corrected chi connectivity index (χ1v) is 21.0. The van der Waals surface area contributed by atoms with Crippen molar-refractivity contribution in [2.24, 2.45) is 0 Å². The molecular weight excluding hydrogens is 783 g/mol. The Bertz CT molecular complexity index is 2300. The zero-order chi connectivity index (χ0) is 40.5. The first kappa shape index (κ1) is 44.5. The van der Waals surface area contributed by atoms with Gasteiger partial charge >= 0.3 is 0 Å². The van der Waals surface area contributed by atoms with Crippen LogP contribution in [0.1, 0.15) is 24.0 Å². The molecule has 53 heavy (non-hydrogen) atoms. The van der Waals surface area contributed by atoms with Gasteiger partial charge in [-0.3, -0.25) is 18.2 Å². The first-order chi connectivity index (χ1) is 24.2. The van der Waals surface area contributed by atoms with Crippen LogP contribution in [0.15, 0.2) is 64.4 Å². The fraction of sp³-hybridized carbons (Fsp3) is 0.267. The molecule has 0 spiro atoms. The molecule has 23 heteroatoms. The van der Waals surface area contributed by atoms with Crippen LogP contribution in [0.2, 0.25) is 0 Å². The van der Waals surface area contributed by atoms with E-state index in [9.17, 15) is 33.7 Å². The quantitative estimate of drug-likeness (QED) is 0.0563. The molecule has 0 saturated carbocycles. The molecule has 0 bridgehead atoms. The SMILES string of the molecule is Cc1cc(N)c(OCCCS(=O)(=O)O)cc1N.Cc1cc(N)c(OCCCS(=O)(=O)O)cc1N.Nc1ccc2c(S(=O)(=O)O)cccc2c1S(=O)(=O)O. The maximum absolute atomic E-state index is 11.3. The summed E-state index contributed by atoms with van der Waals surface area (Å²) in [4.78, 5) is -1.05. The summed E-state index contributed by atoms with van der Waals surface area (Å²) in [5.41, 5.74) is 31.8. The van der Waals surface area contributed by atoms with Crippen LogP contribution in [-0.4, -0.2) is 76.6 Å². The molecular formula is C30H41N5O14S4. The van der Waals surface area contributed by atoms with Crippen LogP contribution in [-0.2, 0) is 40.5 Å². The largest absolute Gasteiger partial charge is 0.491 e. The lowest BCUT2D eigenvalue weighted by atomic mass is 10.1. The Morgan fingerprint density at radius 2 is 0.962 bits per heavy atom. The normalized spacial score (nSPS) is 11.9. The summed E-state index contributed by atoms with van der Waals surface area (Å²) in [5.74, 6) is 0.162. The molecule has 0 unspecified atom stereocenters. The number of anilines is 5. The second-order valence-electron chi connectivity index (χ2n) is 11.3. The third kappa shape index (κ3) is 14.4. The predicted octanol–water partition coefficient (Wildman–Crippen LogP) is 2.55. The number of rotatable bonds is 12. The minimum absolute atomic E-state index is 0.0492. The number of nitrogen functional groups attached to an aromatic ring is 5. The van der Waals surface area contributed by atoms with E-state index in [1.54, 1.807) is 24.3 Å². The van der Waals surface area contributed by atoms with Crippen molar-refractivity contribution in [2.45, 2.75) is 36.5 Å². The lowest BCUT2D eigenvalue weighted by molar-refractivity contribution is 0.318. The average Bonchev–Trinajstić information content (AvgIpc) is 3.00. The Balaban J connectivity index is 0.000000276. The van der Waals surface area contributed by atoms with Gasteiger partial charge in [0.1, 0.15) is 21.3 Å². The molecule has 0 heterocycles. The Labute approximate surface area is 307 Å². The van der Waals surface area contributed by atoms with E-state index in [1.807, 2.05) is 13.8 Å². The van der Waals surface area contributed by atoms with E-state index in [4.69, 9.17) is 56.4 Å². The zero-order valence-corrected chi connectivity index (χ0v) is 31.6. The zero-order valence-electron chi connectivity index (χ0n) is 28.3. The van der Waals surface area contributed by atoms with Gasteiger partial charge in [-0.15, -0.1) is 0 Å². The smallest absolute Gasteiger partial charge is 0.297 e. The number of ether oxygens (including phenoxy) is 2. The summed E-state index contributed by atoms with van der Waals surface area (Å²) in [6.45, 7) is 3.95. The van der Waals surface area contributed by atoms with Crippen LogP contribution in [0.4, 0.5) is 28.4 Å². The number of benzene rings is 4. The summed E-state index contributed by atoms with van der Waals surface area (Å²) >= 11 is 0. The van der Waals surface area contributed by atoms with Crippen molar-refractivity contribution in [2.75, 3.05) is 53.4 Å². The summed E-state index contributed by atoms with van der Waals surface area (Å²) < 4.78 is 133. The van der Waals surface area contributed by atoms with E-state index in [-0.39, 0.29) is 54.0 Å². The van der Waals surface area contributed by atoms with Crippen LogP contribution in [0.3, 0.4) is 0 Å². The monoisotopic (exact) mass is 823 g/mol. The van der Waals surface area contributed by atoms with Gasteiger partial charge in [0.25, 0.3) is 40.5 Å². The topological polar surface area (TPSA) is 366 Å². The average molecular weight is 824 g/mol. The number of hydrogen-bond acceptors (Lipinski definition) is 15. The molecule has 4 aromatic carbocycles. The van der Waals surface area contributed by atoms with Crippen molar-refractivity contribution in [3.05, 3.63) is 65.7 Å². The molecule has 4 rings (SSSR count). The summed E-state index contributed by atoms with van der Waals surface area (Å²) in [6, 6.07) is 12.6. The minimum atomic E-state index is -4.62. The Kier molecular flexibility index (Phi) is 15.1. The molecule has 0 aromatic heterocycles. The predicted molar refractivity (Wildman–Crippen MR) is 201 cm³/mol. The lowest BCUT2D eigenvalue weighted by Crippen LogP contribution is -2.09. The fourth-order valence-electron chi connectivity index (χ4n) is 4.38. The number of aryl methyl sites for hydroxylation is 2. The van der Waals surface area contributed by atoms with Gasteiger partial charge in [0.2, 0.25) is 0 Å². The second-order valence-corrected chi connectivity index (χ2v) is 17.1. The van der Waals surface area contributed by atoms with Crippen molar-refractivity contribution in [1.29, 1.82) is 0 Å². The molecule has 0 aliphatic heterocycles. The third-order valence-corrected chi connectivity index (χ3v) is 10.4. The molecule has 4 aromatic rings. The molecule has 0 saturated heterocycles. The van der Waals surface area contributed by atoms with Gasteiger partial charge in [-0.25, -0.2) is 0 Å². The van der Waals surface area contributed by atoms with Crippen LogP contribution in [0.5, 0.6) is 11.5 Å². The molecule has 0 fully saturated rings. The van der Waals surface area contributed by atoms with Crippen molar-refractivity contribution < 1.29 is 61.4 Å². The molecule has 0 amide bonds. The van der Waals surface area contributed by atoms with E-state index < -0.39 is 50.3 Å². The molecule has 14 N–H and O–H groups in total. The van der Waals surface area contributed by atoms with E-state index in [2.05, 4.69) is 0 Å². The third-order valence-electron chi connectivity index (χ3n) is 6.94. The van der Waals surface area contributed by atoms with Gasteiger partial charge in [-0.05, 0) is 62.1 Å². The van der Waals surface area contributed by atoms with Gasteiger partial charge in [-0.1, -0.05) is 18.2 Å². The van der Waals surface area contributed by atoms with Crippen molar-refractivity contribution in [3.8, 4) is 11.5 Å². The summed E-state index contributed by atoms with van der Waals surface area (Å²) in [6.07, 6.45) is 0.373. The molecule has 0 aliphatic carbocycles. The van der Waals surface area contributed by atoms with E-state index in [0.717, 1.165) is 23.3 Å². The van der Waals surface area contributed by atoms with Gasteiger partial charge in [-0.2, -0.15) is 33.7 Å². The van der Waals surface area contributed by atoms with Gasteiger partial charge < -0.3 is 38.1 Å². The molecule has 294 valence electrons. The molecule has 0 aliphatic rings. The van der Waals surface area contributed by atoms with Crippen LogP contribution < -0.4 is 38.1 Å². The second kappa shape index (κ2) is 17.9. The highest BCUT2D eigenvalue weighted by molar-refractivity contribution is 7.86. The van der Waals surface area contributed by atoms with E-state index in [0.29, 0.717) is 34.2 Å². The Morgan fingerprint density at radius 1 is 0.528 bits per heavy atom.